The van der Waals surface area contributed by atoms with Gasteiger partial charge in [-0.3, -0.25) is 0 Å². The van der Waals surface area contributed by atoms with E-state index in [4.69, 9.17) is 38.5 Å². The summed E-state index contributed by atoms with van der Waals surface area (Å²) in [5.41, 5.74) is 0. The maximum atomic E-state index is 10.6. The second-order valence-electron chi connectivity index (χ2n) is 5.30. The number of ether oxygens (including phenoxy) is 4. The quantitative estimate of drug-likeness (QED) is 0.249. The van der Waals surface area contributed by atoms with Crippen LogP contribution in [0.4, 0.5) is 0 Å². The van der Waals surface area contributed by atoms with Crippen LogP contribution >= 0.6 is 0 Å². The minimum absolute atomic E-state index is 0.0986. The monoisotopic (exact) mass is 384 g/mol. The smallest absolute Gasteiger partial charge is 0.291 e. The second-order valence-corrected chi connectivity index (χ2v) is 5.30. The first-order valence-electron chi connectivity index (χ1n) is 8.95. The van der Waals surface area contributed by atoms with Crippen molar-refractivity contribution in [3.8, 4) is 0 Å². The van der Waals surface area contributed by atoms with E-state index in [1.54, 1.807) is 34.6 Å². The normalized spacial score (nSPS) is 31.3. The first-order chi connectivity index (χ1) is 12.5. The van der Waals surface area contributed by atoms with Crippen LogP contribution in [0.5, 0.6) is 0 Å². The van der Waals surface area contributed by atoms with Crippen molar-refractivity contribution in [2.45, 2.75) is 58.1 Å². The summed E-state index contributed by atoms with van der Waals surface area (Å²) in [4.78, 5) is 21.0. The molecule has 1 saturated heterocycles. The van der Waals surface area contributed by atoms with Crippen molar-refractivity contribution in [3.05, 3.63) is 0 Å². The van der Waals surface area contributed by atoms with E-state index in [9.17, 15) is 10.2 Å². The Bertz CT molecular complexity index is 393. The van der Waals surface area contributed by atoms with Crippen LogP contribution in [-0.2, 0) is 38.5 Å². The molecule has 2 N–H and O–H groups in total. The van der Waals surface area contributed by atoms with E-state index in [1.165, 1.54) is 0 Å². The number of hydrogen-bond donors (Lipinski definition) is 2. The van der Waals surface area contributed by atoms with E-state index in [-0.39, 0.29) is 39.6 Å². The summed E-state index contributed by atoms with van der Waals surface area (Å²) in [6.45, 7) is 8.15. The maximum Gasteiger partial charge on any atom is 0.291 e. The molecule has 10 heteroatoms. The lowest BCUT2D eigenvalue weighted by atomic mass is 9.93. The highest BCUT2D eigenvalue weighted by atomic mass is 17.3. The van der Waals surface area contributed by atoms with Crippen molar-refractivity contribution in [2.24, 2.45) is 0 Å². The van der Waals surface area contributed by atoms with Gasteiger partial charge in [0.1, 0.15) is 12.7 Å². The standard InChI is InChI=1S/C16H32O10/c1-6-19-14(12-17,25-23-9-4)16(21-8-3)15(20-7-2,26-24-10-5)13(18)11-22-16/h13,17-18H,6-12H2,1-5H3/t13-,14+,15+,16+/m0/s1. The maximum absolute atomic E-state index is 10.6. The molecular weight excluding hydrogens is 352 g/mol. The topological polar surface area (TPSA) is 114 Å². The minimum Gasteiger partial charge on any atom is -0.390 e. The van der Waals surface area contributed by atoms with E-state index < -0.39 is 30.1 Å². The van der Waals surface area contributed by atoms with Crippen LogP contribution in [-0.4, -0.2) is 79.9 Å². The fourth-order valence-corrected chi connectivity index (χ4v) is 2.88. The van der Waals surface area contributed by atoms with Crippen molar-refractivity contribution >= 4 is 0 Å². The van der Waals surface area contributed by atoms with Gasteiger partial charge in [0.05, 0.1) is 19.8 Å². The van der Waals surface area contributed by atoms with Crippen molar-refractivity contribution in [1.29, 1.82) is 0 Å². The van der Waals surface area contributed by atoms with Gasteiger partial charge in [-0.2, -0.15) is 9.78 Å². The molecule has 1 fully saturated rings. The van der Waals surface area contributed by atoms with Crippen molar-refractivity contribution in [2.75, 3.05) is 46.2 Å². The molecule has 0 bridgehead atoms. The highest BCUT2D eigenvalue weighted by Crippen LogP contribution is 2.50. The number of aliphatic hydroxyl groups is 2. The summed E-state index contributed by atoms with van der Waals surface area (Å²) in [6, 6.07) is 0. The van der Waals surface area contributed by atoms with Gasteiger partial charge in [0, 0.05) is 19.8 Å². The predicted molar refractivity (Wildman–Crippen MR) is 87.5 cm³/mol. The molecule has 0 aromatic rings. The summed E-state index contributed by atoms with van der Waals surface area (Å²) in [6.07, 6.45) is -1.32. The van der Waals surface area contributed by atoms with Crippen molar-refractivity contribution < 1.29 is 48.7 Å². The Labute approximate surface area is 154 Å². The van der Waals surface area contributed by atoms with Crippen molar-refractivity contribution in [3.63, 3.8) is 0 Å². The average molecular weight is 384 g/mol. The van der Waals surface area contributed by atoms with Gasteiger partial charge in [-0.25, -0.2) is 9.78 Å². The molecule has 0 spiro atoms. The summed E-state index contributed by atoms with van der Waals surface area (Å²) in [5.74, 6) is -6.06. The molecule has 0 aliphatic carbocycles. The lowest BCUT2D eigenvalue weighted by Gasteiger charge is -2.50. The van der Waals surface area contributed by atoms with Gasteiger partial charge in [0.2, 0.25) is 0 Å². The fourth-order valence-electron chi connectivity index (χ4n) is 2.88. The Balaban J connectivity index is 3.55. The van der Waals surface area contributed by atoms with Gasteiger partial charge < -0.3 is 29.2 Å². The van der Waals surface area contributed by atoms with Crippen LogP contribution in [0.2, 0.25) is 0 Å². The van der Waals surface area contributed by atoms with Gasteiger partial charge in [0.25, 0.3) is 17.4 Å². The molecule has 4 atom stereocenters. The third kappa shape index (κ3) is 4.04. The zero-order valence-corrected chi connectivity index (χ0v) is 16.2. The number of hydrogen-bond acceptors (Lipinski definition) is 10. The van der Waals surface area contributed by atoms with Gasteiger partial charge in [-0.05, 0) is 34.6 Å². The lowest BCUT2D eigenvalue weighted by Crippen LogP contribution is -2.74. The molecule has 1 rings (SSSR count). The average Bonchev–Trinajstić information content (AvgIpc) is 2.91. The third-order valence-corrected chi connectivity index (χ3v) is 3.75. The molecule has 0 aromatic carbocycles. The summed E-state index contributed by atoms with van der Waals surface area (Å²) in [7, 11) is 0. The predicted octanol–water partition coefficient (Wildman–Crippen LogP) is 0.504. The molecule has 1 heterocycles. The summed E-state index contributed by atoms with van der Waals surface area (Å²) in [5, 5.41) is 20.8. The van der Waals surface area contributed by atoms with E-state index >= 15 is 0 Å². The lowest BCUT2D eigenvalue weighted by molar-refractivity contribution is -0.568. The Morgan fingerprint density at radius 1 is 0.962 bits per heavy atom. The minimum atomic E-state index is -2.04. The first-order valence-corrected chi connectivity index (χ1v) is 8.95. The number of aliphatic hydroxyl groups excluding tert-OH is 2. The molecule has 0 saturated carbocycles. The third-order valence-electron chi connectivity index (χ3n) is 3.75. The van der Waals surface area contributed by atoms with Crippen LogP contribution in [0.25, 0.3) is 0 Å². The SMILES string of the molecule is CCOO[C@@](CO)(OCC)[C@@]1(OCC)OC[C@H](O)[C@@]1(OCC)OOCC. The van der Waals surface area contributed by atoms with Gasteiger partial charge in [-0.1, -0.05) is 0 Å². The Morgan fingerprint density at radius 3 is 2.12 bits per heavy atom. The summed E-state index contributed by atoms with van der Waals surface area (Å²) >= 11 is 0. The van der Waals surface area contributed by atoms with Crippen LogP contribution < -0.4 is 0 Å². The largest absolute Gasteiger partial charge is 0.390 e. The van der Waals surface area contributed by atoms with E-state index in [1.807, 2.05) is 0 Å². The second kappa shape index (κ2) is 10.8. The van der Waals surface area contributed by atoms with Crippen LogP contribution in [0.1, 0.15) is 34.6 Å². The molecule has 0 unspecified atom stereocenters. The zero-order valence-electron chi connectivity index (χ0n) is 16.2. The van der Waals surface area contributed by atoms with Gasteiger partial charge in [-0.15, -0.1) is 0 Å². The first kappa shape index (κ1) is 23.6. The molecule has 1 aliphatic rings. The fraction of sp³-hybridized carbons (Fsp3) is 1.00. The van der Waals surface area contributed by atoms with Crippen LogP contribution in [0.3, 0.4) is 0 Å². The summed E-state index contributed by atoms with van der Waals surface area (Å²) < 4.78 is 23.0. The van der Waals surface area contributed by atoms with Gasteiger partial charge in [0.15, 0.2) is 0 Å². The van der Waals surface area contributed by atoms with E-state index in [0.717, 1.165) is 0 Å². The molecule has 10 nitrogen and oxygen atoms in total. The van der Waals surface area contributed by atoms with E-state index in [2.05, 4.69) is 0 Å². The highest BCUT2D eigenvalue weighted by molar-refractivity contribution is 5.08. The molecule has 1 aliphatic heterocycles. The zero-order chi connectivity index (χ0) is 19.7. The molecule has 26 heavy (non-hydrogen) atoms. The Hall–Kier alpha value is -0.400. The Kier molecular flexibility index (Phi) is 9.83. The van der Waals surface area contributed by atoms with Crippen LogP contribution in [0.15, 0.2) is 0 Å². The molecule has 0 aromatic heterocycles. The molecule has 0 amide bonds. The van der Waals surface area contributed by atoms with Gasteiger partial charge >= 0.3 is 0 Å². The molecule has 156 valence electrons. The van der Waals surface area contributed by atoms with E-state index in [0.29, 0.717) is 0 Å². The molecular formula is C16H32O10. The number of rotatable bonds is 14. The highest BCUT2D eigenvalue weighted by Gasteiger charge is 2.78. The Morgan fingerprint density at radius 2 is 1.62 bits per heavy atom. The van der Waals surface area contributed by atoms with Crippen molar-refractivity contribution in [1.82, 2.24) is 0 Å². The molecule has 0 radical (unpaired) electrons. The van der Waals surface area contributed by atoms with Crippen LogP contribution in [0, 0.1) is 0 Å².